The summed E-state index contributed by atoms with van der Waals surface area (Å²) in [6.07, 6.45) is -0.761. The Kier molecular flexibility index (Phi) is 4.88. The summed E-state index contributed by atoms with van der Waals surface area (Å²) in [5.74, 6) is 0.388. The van der Waals surface area contributed by atoms with E-state index in [1.165, 1.54) is 12.1 Å². The fraction of sp³-hybridized carbons (Fsp3) is 0.211. The minimum Gasteiger partial charge on any atom is -0.507 e. The summed E-state index contributed by atoms with van der Waals surface area (Å²) in [6, 6.07) is 11.9. The number of benzene rings is 2. The standard InChI is InChI=1S/C19H18N2O5/c1-11-4-9-15(16(22)10-11)19(23)25-12(2)17-20-21-18(26-17)13-5-7-14(24-3)8-6-13/h4-10,12,22H,1-3H3/t12-/m0/s1. The van der Waals surface area contributed by atoms with Crippen molar-refractivity contribution in [3.05, 3.63) is 59.5 Å². The number of carbonyl (C=O) groups excluding carboxylic acids is 1. The zero-order valence-corrected chi connectivity index (χ0v) is 14.6. The third-order valence-electron chi connectivity index (χ3n) is 3.78. The molecule has 0 amide bonds. The molecule has 3 rings (SSSR count). The second kappa shape index (κ2) is 7.26. The van der Waals surface area contributed by atoms with Crippen LogP contribution in [0.5, 0.6) is 11.5 Å². The van der Waals surface area contributed by atoms with Gasteiger partial charge >= 0.3 is 5.97 Å². The monoisotopic (exact) mass is 354 g/mol. The van der Waals surface area contributed by atoms with E-state index in [-0.39, 0.29) is 17.2 Å². The van der Waals surface area contributed by atoms with Crippen LogP contribution in [0.3, 0.4) is 0 Å². The molecule has 7 heteroatoms. The molecule has 7 nitrogen and oxygen atoms in total. The molecule has 1 aromatic heterocycles. The molecule has 0 saturated carbocycles. The predicted molar refractivity (Wildman–Crippen MR) is 93.0 cm³/mol. The molecule has 2 aromatic carbocycles. The van der Waals surface area contributed by atoms with Crippen molar-refractivity contribution < 1.29 is 23.8 Å². The highest BCUT2D eigenvalue weighted by Crippen LogP contribution is 2.26. The van der Waals surface area contributed by atoms with E-state index in [1.54, 1.807) is 44.4 Å². The van der Waals surface area contributed by atoms with E-state index < -0.39 is 12.1 Å². The summed E-state index contributed by atoms with van der Waals surface area (Å²) >= 11 is 0. The first-order chi connectivity index (χ1) is 12.5. The number of rotatable bonds is 5. The van der Waals surface area contributed by atoms with E-state index >= 15 is 0 Å². The molecule has 1 N–H and O–H groups in total. The third kappa shape index (κ3) is 3.66. The maximum Gasteiger partial charge on any atom is 0.342 e. The number of aromatic hydroxyl groups is 1. The van der Waals surface area contributed by atoms with Gasteiger partial charge in [0.15, 0.2) is 6.10 Å². The first kappa shape index (κ1) is 17.5. The van der Waals surface area contributed by atoms with Crippen LogP contribution in [0.2, 0.25) is 0 Å². The third-order valence-corrected chi connectivity index (χ3v) is 3.78. The number of carbonyl (C=O) groups is 1. The minimum absolute atomic E-state index is 0.0809. The van der Waals surface area contributed by atoms with Crippen LogP contribution in [0, 0.1) is 6.92 Å². The lowest BCUT2D eigenvalue weighted by Gasteiger charge is -2.10. The number of aromatic nitrogens is 2. The summed E-state index contributed by atoms with van der Waals surface area (Å²) < 4.78 is 16.0. The topological polar surface area (TPSA) is 94.7 Å². The molecule has 26 heavy (non-hydrogen) atoms. The molecule has 0 saturated heterocycles. The largest absolute Gasteiger partial charge is 0.507 e. The van der Waals surface area contributed by atoms with E-state index in [4.69, 9.17) is 13.9 Å². The van der Waals surface area contributed by atoms with Crippen molar-refractivity contribution in [1.82, 2.24) is 10.2 Å². The summed E-state index contributed by atoms with van der Waals surface area (Å²) in [6.45, 7) is 3.44. The number of phenols is 1. The van der Waals surface area contributed by atoms with Gasteiger partial charge in [0.05, 0.1) is 7.11 Å². The highest BCUT2D eigenvalue weighted by Gasteiger charge is 2.21. The van der Waals surface area contributed by atoms with Crippen LogP contribution in [0.4, 0.5) is 0 Å². The van der Waals surface area contributed by atoms with Gasteiger partial charge in [0.2, 0.25) is 5.89 Å². The SMILES string of the molecule is COc1ccc(-c2nnc([C@H](C)OC(=O)c3ccc(C)cc3O)o2)cc1. The molecular formula is C19H18N2O5. The molecule has 0 aliphatic heterocycles. The van der Waals surface area contributed by atoms with Crippen molar-refractivity contribution >= 4 is 5.97 Å². The lowest BCUT2D eigenvalue weighted by molar-refractivity contribution is 0.0277. The first-order valence-electron chi connectivity index (χ1n) is 7.96. The van der Waals surface area contributed by atoms with Gasteiger partial charge < -0.3 is 19.0 Å². The molecule has 0 radical (unpaired) electrons. The van der Waals surface area contributed by atoms with Gasteiger partial charge in [0.25, 0.3) is 5.89 Å². The van der Waals surface area contributed by atoms with E-state index in [0.29, 0.717) is 11.6 Å². The van der Waals surface area contributed by atoms with Crippen LogP contribution in [-0.2, 0) is 4.74 Å². The summed E-state index contributed by atoms with van der Waals surface area (Å²) in [5.41, 5.74) is 1.64. The second-order valence-corrected chi connectivity index (χ2v) is 5.74. The van der Waals surface area contributed by atoms with E-state index in [0.717, 1.165) is 11.1 Å². The lowest BCUT2D eigenvalue weighted by Crippen LogP contribution is -2.10. The molecule has 134 valence electrons. The number of hydrogen-bond donors (Lipinski definition) is 1. The molecular weight excluding hydrogens is 336 g/mol. The Labute approximate surface area is 150 Å². The Morgan fingerprint density at radius 3 is 2.54 bits per heavy atom. The number of nitrogens with zero attached hydrogens (tertiary/aromatic N) is 2. The van der Waals surface area contributed by atoms with Crippen molar-refractivity contribution in [1.29, 1.82) is 0 Å². The van der Waals surface area contributed by atoms with Gasteiger partial charge in [-0.15, -0.1) is 10.2 Å². The van der Waals surface area contributed by atoms with E-state index in [2.05, 4.69) is 10.2 Å². The number of ether oxygens (including phenoxy) is 2. The van der Waals surface area contributed by atoms with Gasteiger partial charge in [-0.05, 0) is 55.8 Å². The van der Waals surface area contributed by atoms with Crippen molar-refractivity contribution in [2.24, 2.45) is 0 Å². The molecule has 0 aliphatic rings. The number of hydrogen-bond acceptors (Lipinski definition) is 7. The summed E-state index contributed by atoms with van der Waals surface area (Å²) in [7, 11) is 1.59. The number of esters is 1. The van der Waals surface area contributed by atoms with Crippen LogP contribution in [-0.4, -0.2) is 28.4 Å². The molecule has 3 aromatic rings. The summed E-state index contributed by atoms with van der Waals surface area (Å²) in [4.78, 5) is 12.2. The minimum atomic E-state index is -0.761. The first-order valence-corrected chi connectivity index (χ1v) is 7.96. The Morgan fingerprint density at radius 1 is 1.15 bits per heavy atom. The van der Waals surface area contributed by atoms with Gasteiger partial charge in [-0.3, -0.25) is 0 Å². The van der Waals surface area contributed by atoms with E-state index in [1.807, 2.05) is 6.92 Å². The Hall–Kier alpha value is -3.35. The maximum absolute atomic E-state index is 12.2. The van der Waals surface area contributed by atoms with Crippen molar-refractivity contribution in [3.8, 4) is 23.0 Å². The van der Waals surface area contributed by atoms with Crippen LogP contribution >= 0.6 is 0 Å². The number of methoxy groups -OCH3 is 1. The Morgan fingerprint density at radius 2 is 1.88 bits per heavy atom. The lowest BCUT2D eigenvalue weighted by atomic mass is 10.1. The van der Waals surface area contributed by atoms with Gasteiger partial charge in [0.1, 0.15) is 17.1 Å². The van der Waals surface area contributed by atoms with Crippen LogP contribution in [0.1, 0.15) is 34.8 Å². The Balaban J connectivity index is 1.73. The second-order valence-electron chi connectivity index (χ2n) is 5.74. The average Bonchev–Trinajstić information content (AvgIpc) is 3.12. The fourth-order valence-corrected chi connectivity index (χ4v) is 2.34. The normalized spacial score (nSPS) is 11.8. The van der Waals surface area contributed by atoms with Gasteiger partial charge in [-0.1, -0.05) is 6.07 Å². The average molecular weight is 354 g/mol. The zero-order valence-electron chi connectivity index (χ0n) is 14.6. The van der Waals surface area contributed by atoms with E-state index in [9.17, 15) is 9.90 Å². The predicted octanol–water partition coefficient (Wildman–Crippen LogP) is 3.68. The number of aryl methyl sites for hydroxylation is 1. The molecule has 1 heterocycles. The highest BCUT2D eigenvalue weighted by molar-refractivity contribution is 5.92. The zero-order chi connectivity index (χ0) is 18.7. The van der Waals surface area contributed by atoms with Gasteiger partial charge in [-0.25, -0.2) is 4.79 Å². The van der Waals surface area contributed by atoms with Crippen LogP contribution < -0.4 is 4.74 Å². The summed E-state index contributed by atoms with van der Waals surface area (Å²) in [5, 5.41) is 17.8. The van der Waals surface area contributed by atoms with Crippen LogP contribution in [0.15, 0.2) is 46.9 Å². The quantitative estimate of drug-likeness (QED) is 0.698. The van der Waals surface area contributed by atoms with Crippen molar-refractivity contribution in [2.75, 3.05) is 7.11 Å². The van der Waals surface area contributed by atoms with Gasteiger partial charge in [-0.2, -0.15) is 0 Å². The molecule has 0 aliphatic carbocycles. The van der Waals surface area contributed by atoms with Crippen molar-refractivity contribution in [2.45, 2.75) is 20.0 Å². The molecule has 0 spiro atoms. The molecule has 0 unspecified atom stereocenters. The highest BCUT2D eigenvalue weighted by atomic mass is 16.6. The van der Waals surface area contributed by atoms with Crippen LogP contribution in [0.25, 0.3) is 11.5 Å². The van der Waals surface area contributed by atoms with Gasteiger partial charge in [0, 0.05) is 5.56 Å². The molecule has 0 bridgehead atoms. The molecule has 1 atom stereocenters. The fourth-order valence-electron chi connectivity index (χ4n) is 2.34. The molecule has 0 fully saturated rings. The Bertz CT molecular complexity index is 918. The smallest absolute Gasteiger partial charge is 0.342 e. The van der Waals surface area contributed by atoms with Crippen molar-refractivity contribution in [3.63, 3.8) is 0 Å². The number of phenolic OH excluding ortho intramolecular Hbond substituents is 1. The maximum atomic E-state index is 12.2.